The largest absolute Gasteiger partial charge is 0.481 e. The van der Waals surface area contributed by atoms with Crippen molar-refractivity contribution in [2.45, 2.75) is 63.2 Å². The summed E-state index contributed by atoms with van der Waals surface area (Å²) in [5, 5.41) is 25.2. The first-order chi connectivity index (χ1) is 15.5. The van der Waals surface area contributed by atoms with E-state index in [9.17, 15) is 29.1 Å². The summed E-state index contributed by atoms with van der Waals surface area (Å²) < 4.78 is 0. The molecule has 0 bridgehead atoms. The molecule has 4 atom stereocenters. The molecule has 14 heteroatoms. The highest BCUT2D eigenvalue weighted by atomic mass is 16.4. The molecule has 0 aliphatic heterocycles. The molecule has 3 amide bonds. The van der Waals surface area contributed by atoms with Crippen LogP contribution in [0.3, 0.4) is 0 Å². The molecule has 0 saturated heterocycles. The molecule has 1 aromatic heterocycles. The fourth-order valence-electron chi connectivity index (χ4n) is 2.82. The van der Waals surface area contributed by atoms with Crippen LogP contribution in [0.2, 0.25) is 0 Å². The number of aliphatic carboxylic acids is 2. The van der Waals surface area contributed by atoms with Gasteiger partial charge in [-0.05, 0) is 32.7 Å². The third-order valence-electron chi connectivity index (χ3n) is 4.66. The summed E-state index contributed by atoms with van der Waals surface area (Å²) in [6.45, 7) is 1.69. The number of hydrogen-bond donors (Lipinski definition) is 8. The first kappa shape index (κ1) is 27.5. The minimum absolute atomic E-state index is 0.0762. The zero-order chi connectivity index (χ0) is 25.0. The highest BCUT2D eigenvalue weighted by molar-refractivity contribution is 5.95. The van der Waals surface area contributed by atoms with E-state index < -0.39 is 60.2 Å². The van der Waals surface area contributed by atoms with Crippen molar-refractivity contribution in [2.24, 2.45) is 11.5 Å². The van der Waals surface area contributed by atoms with Crippen LogP contribution < -0.4 is 27.4 Å². The molecule has 0 spiro atoms. The summed E-state index contributed by atoms with van der Waals surface area (Å²) in [5.74, 6) is -5.08. The number of nitrogens with zero attached hydrogens (tertiary/aromatic N) is 1. The average molecular weight is 469 g/mol. The Balaban J connectivity index is 2.71. The lowest BCUT2D eigenvalue weighted by atomic mass is 10.1. The lowest BCUT2D eigenvalue weighted by molar-refractivity contribution is -0.143. The van der Waals surface area contributed by atoms with Gasteiger partial charge in [0.2, 0.25) is 17.7 Å². The van der Waals surface area contributed by atoms with Crippen LogP contribution in [0.5, 0.6) is 0 Å². The van der Waals surface area contributed by atoms with Crippen molar-refractivity contribution in [3.63, 3.8) is 0 Å². The molecule has 10 N–H and O–H groups in total. The van der Waals surface area contributed by atoms with E-state index >= 15 is 0 Å². The molecule has 1 rings (SSSR count). The van der Waals surface area contributed by atoms with Crippen LogP contribution in [0, 0.1) is 0 Å². The van der Waals surface area contributed by atoms with E-state index in [4.69, 9.17) is 16.6 Å². The van der Waals surface area contributed by atoms with Gasteiger partial charge in [-0.3, -0.25) is 19.2 Å². The highest BCUT2D eigenvalue weighted by Crippen LogP contribution is 2.03. The maximum atomic E-state index is 12.5. The molecular formula is C19H31N7O7. The van der Waals surface area contributed by atoms with Crippen LogP contribution in [-0.4, -0.2) is 80.6 Å². The molecule has 0 aromatic carbocycles. The van der Waals surface area contributed by atoms with Crippen LogP contribution in [0.25, 0.3) is 0 Å². The maximum Gasteiger partial charge on any atom is 0.326 e. The van der Waals surface area contributed by atoms with Crippen molar-refractivity contribution in [3.8, 4) is 0 Å². The summed E-state index contributed by atoms with van der Waals surface area (Å²) >= 11 is 0. The zero-order valence-corrected chi connectivity index (χ0v) is 18.2. The summed E-state index contributed by atoms with van der Waals surface area (Å²) in [4.78, 5) is 66.3. The second-order valence-electron chi connectivity index (χ2n) is 7.46. The molecule has 0 aliphatic carbocycles. The van der Waals surface area contributed by atoms with Crippen molar-refractivity contribution >= 4 is 29.7 Å². The van der Waals surface area contributed by atoms with Gasteiger partial charge in [0.1, 0.15) is 18.1 Å². The van der Waals surface area contributed by atoms with Gasteiger partial charge in [-0.1, -0.05) is 0 Å². The number of rotatable bonds is 15. The molecular weight excluding hydrogens is 438 g/mol. The minimum atomic E-state index is -1.50. The Morgan fingerprint density at radius 1 is 1.03 bits per heavy atom. The Morgan fingerprint density at radius 3 is 2.24 bits per heavy atom. The van der Waals surface area contributed by atoms with Gasteiger partial charge in [0.15, 0.2) is 0 Å². The van der Waals surface area contributed by atoms with Gasteiger partial charge in [0, 0.05) is 18.3 Å². The lowest BCUT2D eigenvalue weighted by Crippen LogP contribution is -2.57. The smallest absolute Gasteiger partial charge is 0.326 e. The van der Waals surface area contributed by atoms with Gasteiger partial charge in [-0.15, -0.1) is 0 Å². The fraction of sp³-hybridized carbons (Fsp3) is 0.579. The topological polar surface area (TPSA) is 243 Å². The molecule has 4 unspecified atom stereocenters. The number of carbonyl (C=O) groups excluding carboxylic acids is 3. The lowest BCUT2D eigenvalue weighted by Gasteiger charge is -2.22. The van der Waals surface area contributed by atoms with Crippen LogP contribution >= 0.6 is 0 Å². The number of unbranched alkanes of at least 4 members (excludes halogenated alkanes) is 1. The Hall–Kier alpha value is -3.52. The third kappa shape index (κ3) is 10.1. The molecule has 0 aliphatic rings. The number of carbonyl (C=O) groups is 5. The summed E-state index contributed by atoms with van der Waals surface area (Å²) in [6.07, 6.45) is 3.43. The van der Waals surface area contributed by atoms with E-state index in [1.54, 1.807) is 0 Å². The predicted molar refractivity (Wildman–Crippen MR) is 115 cm³/mol. The van der Waals surface area contributed by atoms with Crippen molar-refractivity contribution in [2.75, 3.05) is 6.54 Å². The van der Waals surface area contributed by atoms with Crippen LogP contribution in [0.4, 0.5) is 0 Å². The molecule has 14 nitrogen and oxygen atoms in total. The minimum Gasteiger partial charge on any atom is -0.481 e. The van der Waals surface area contributed by atoms with Gasteiger partial charge >= 0.3 is 11.9 Å². The number of nitrogens with two attached hydrogens (primary N) is 2. The van der Waals surface area contributed by atoms with E-state index in [2.05, 4.69) is 25.9 Å². The molecule has 184 valence electrons. The Kier molecular flexibility index (Phi) is 11.5. The van der Waals surface area contributed by atoms with Gasteiger partial charge in [-0.25, -0.2) is 9.78 Å². The Bertz CT molecular complexity index is 815. The quantitative estimate of drug-likeness (QED) is 0.125. The van der Waals surface area contributed by atoms with Gasteiger partial charge < -0.3 is 42.6 Å². The van der Waals surface area contributed by atoms with E-state index in [0.29, 0.717) is 25.1 Å². The van der Waals surface area contributed by atoms with Gasteiger partial charge in [0.25, 0.3) is 0 Å². The van der Waals surface area contributed by atoms with Gasteiger partial charge in [0.05, 0.1) is 18.8 Å². The van der Waals surface area contributed by atoms with E-state index in [1.807, 2.05) is 0 Å². The number of H-pyrrole nitrogens is 1. The van der Waals surface area contributed by atoms with Crippen molar-refractivity contribution in [1.29, 1.82) is 0 Å². The second kappa shape index (κ2) is 13.8. The summed E-state index contributed by atoms with van der Waals surface area (Å²) in [6, 6.07) is -4.95. The average Bonchev–Trinajstić information content (AvgIpc) is 3.24. The zero-order valence-electron chi connectivity index (χ0n) is 18.2. The summed E-state index contributed by atoms with van der Waals surface area (Å²) in [7, 11) is 0. The second-order valence-corrected chi connectivity index (χ2v) is 7.46. The Labute approximate surface area is 189 Å². The van der Waals surface area contributed by atoms with Crippen molar-refractivity contribution in [1.82, 2.24) is 25.9 Å². The molecule has 1 heterocycles. The number of aromatic amines is 1. The van der Waals surface area contributed by atoms with Crippen molar-refractivity contribution in [3.05, 3.63) is 18.2 Å². The first-order valence-corrected chi connectivity index (χ1v) is 10.3. The number of hydrogen-bond acceptors (Lipinski definition) is 8. The number of carboxylic acids is 2. The monoisotopic (exact) mass is 469 g/mol. The van der Waals surface area contributed by atoms with E-state index in [0.717, 1.165) is 0 Å². The van der Waals surface area contributed by atoms with Crippen molar-refractivity contribution < 1.29 is 34.2 Å². The number of imidazole rings is 1. The van der Waals surface area contributed by atoms with Crippen LogP contribution in [-0.2, 0) is 30.4 Å². The molecule has 0 fully saturated rings. The third-order valence-corrected chi connectivity index (χ3v) is 4.66. The molecule has 33 heavy (non-hydrogen) atoms. The van der Waals surface area contributed by atoms with E-state index in [-0.39, 0.29) is 12.8 Å². The van der Waals surface area contributed by atoms with Crippen LogP contribution in [0.1, 0.15) is 38.3 Å². The number of nitrogens with one attached hydrogen (secondary N) is 4. The number of aromatic nitrogens is 2. The highest BCUT2D eigenvalue weighted by Gasteiger charge is 2.29. The van der Waals surface area contributed by atoms with E-state index in [1.165, 1.54) is 19.4 Å². The fourth-order valence-corrected chi connectivity index (χ4v) is 2.82. The maximum absolute atomic E-state index is 12.5. The SMILES string of the molecule is CC(NC(=O)C(CC(=O)O)NC(=O)C(N)Cc1cnc[nH]1)C(=O)NC(CCCCN)C(=O)O. The molecule has 0 radical (unpaired) electrons. The molecule has 0 saturated carbocycles. The predicted octanol–water partition coefficient (Wildman–Crippen LogP) is -2.56. The Morgan fingerprint density at radius 2 is 1.70 bits per heavy atom. The van der Waals surface area contributed by atoms with Gasteiger partial charge in [-0.2, -0.15) is 0 Å². The first-order valence-electron chi connectivity index (χ1n) is 10.3. The molecule has 1 aromatic rings. The summed E-state index contributed by atoms with van der Waals surface area (Å²) in [5.41, 5.74) is 11.8. The normalized spacial score (nSPS) is 14.4. The number of amides is 3. The standard InChI is InChI=1S/C19H31N7O7/c1-10(16(29)25-13(19(32)33)4-2-3-5-20)24-18(31)14(7-15(27)28)26-17(30)12(21)6-11-8-22-9-23-11/h8-10,12-14H,2-7,20-21H2,1H3,(H,22,23)(H,24,31)(H,25,29)(H,26,30)(H,27,28)(H,32,33). The van der Waals surface area contributed by atoms with Crippen LogP contribution in [0.15, 0.2) is 12.5 Å². The number of carboxylic acid groups (broad SMARTS) is 2.